The number of ether oxygens (including phenoxy) is 1. The lowest BCUT2D eigenvalue weighted by atomic mass is 10.1. The van der Waals surface area contributed by atoms with Gasteiger partial charge in [0.2, 0.25) is 5.91 Å². The van der Waals surface area contributed by atoms with Crippen LogP contribution in [0.3, 0.4) is 0 Å². The van der Waals surface area contributed by atoms with E-state index in [2.05, 4.69) is 10.2 Å². The number of carbonyl (C=O) groups excluding carboxylic acids is 2. The molecule has 2 aromatic rings. The molecule has 0 aromatic heterocycles. The molecule has 2 heterocycles. The lowest BCUT2D eigenvalue weighted by molar-refractivity contribution is -0.117. The van der Waals surface area contributed by atoms with Crippen molar-refractivity contribution in [2.24, 2.45) is 0 Å². The fourth-order valence-electron chi connectivity index (χ4n) is 3.68. The van der Waals surface area contributed by atoms with E-state index in [0.29, 0.717) is 66.3 Å². The van der Waals surface area contributed by atoms with Crippen LogP contribution < -0.4 is 15.1 Å². The Kier molecular flexibility index (Phi) is 5.94. The summed E-state index contributed by atoms with van der Waals surface area (Å²) >= 11 is 12.7. The maximum Gasteiger partial charge on any atom is 0.255 e. The van der Waals surface area contributed by atoms with Gasteiger partial charge in [-0.25, -0.2) is 0 Å². The summed E-state index contributed by atoms with van der Waals surface area (Å²) in [7, 11) is 0. The van der Waals surface area contributed by atoms with E-state index >= 15 is 0 Å². The summed E-state index contributed by atoms with van der Waals surface area (Å²) in [6.45, 7) is 3.24. The van der Waals surface area contributed by atoms with Crippen molar-refractivity contribution in [3.8, 4) is 0 Å². The SMILES string of the molecule is O=C(Nc1cccc(Cl)c1N1CCOCC1)c1ccc(Cl)c(N2CCCC2=O)c1. The minimum atomic E-state index is -0.286. The molecule has 0 aliphatic carbocycles. The van der Waals surface area contributed by atoms with Crippen LogP contribution in [0, 0.1) is 0 Å². The highest BCUT2D eigenvalue weighted by Crippen LogP contribution is 2.35. The second kappa shape index (κ2) is 8.61. The standard InChI is InChI=1S/C21H21Cl2N3O3/c22-15-7-6-14(13-18(15)26-8-2-5-19(26)27)21(28)24-17-4-1-3-16(23)20(17)25-9-11-29-12-10-25/h1,3-4,6-7,13H,2,5,8-12H2,(H,24,28). The van der Waals surface area contributed by atoms with Crippen LogP contribution in [-0.4, -0.2) is 44.7 Å². The van der Waals surface area contributed by atoms with Crippen LogP contribution in [0.5, 0.6) is 0 Å². The summed E-state index contributed by atoms with van der Waals surface area (Å²) in [5, 5.41) is 3.99. The number of amides is 2. The fraction of sp³-hybridized carbons (Fsp3) is 0.333. The maximum atomic E-state index is 13.0. The number of hydrogen-bond donors (Lipinski definition) is 1. The molecule has 0 unspecified atom stereocenters. The van der Waals surface area contributed by atoms with Gasteiger partial charge in [0, 0.05) is 31.6 Å². The number of halogens is 2. The molecule has 6 nitrogen and oxygen atoms in total. The van der Waals surface area contributed by atoms with Crippen molar-refractivity contribution < 1.29 is 14.3 Å². The Balaban J connectivity index is 1.60. The molecule has 0 spiro atoms. The summed E-state index contributed by atoms with van der Waals surface area (Å²) < 4.78 is 5.42. The summed E-state index contributed by atoms with van der Waals surface area (Å²) in [4.78, 5) is 28.8. The van der Waals surface area contributed by atoms with Crippen molar-refractivity contribution in [2.75, 3.05) is 48.0 Å². The number of para-hydroxylation sites is 1. The van der Waals surface area contributed by atoms with Gasteiger partial charge in [0.15, 0.2) is 0 Å². The largest absolute Gasteiger partial charge is 0.378 e. The van der Waals surface area contributed by atoms with Gasteiger partial charge in [0.05, 0.1) is 40.3 Å². The molecule has 8 heteroatoms. The van der Waals surface area contributed by atoms with Gasteiger partial charge in [-0.2, -0.15) is 0 Å². The number of nitrogens with zero attached hydrogens (tertiary/aromatic N) is 2. The number of carbonyl (C=O) groups is 2. The van der Waals surface area contributed by atoms with Gasteiger partial charge in [0.1, 0.15) is 0 Å². The zero-order valence-electron chi connectivity index (χ0n) is 15.8. The number of morpholine rings is 1. The van der Waals surface area contributed by atoms with Gasteiger partial charge in [-0.15, -0.1) is 0 Å². The smallest absolute Gasteiger partial charge is 0.255 e. The molecule has 152 valence electrons. The molecule has 1 N–H and O–H groups in total. The number of rotatable bonds is 4. The number of anilines is 3. The summed E-state index contributed by atoms with van der Waals surface area (Å²) in [5.74, 6) is -0.264. The van der Waals surface area contributed by atoms with Gasteiger partial charge in [-0.3, -0.25) is 9.59 Å². The second-order valence-corrected chi connectivity index (χ2v) is 7.82. The minimum Gasteiger partial charge on any atom is -0.378 e. The highest BCUT2D eigenvalue weighted by atomic mass is 35.5. The fourth-order valence-corrected chi connectivity index (χ4v) is 4.20. The Morgan fingerprint density at radius 1 is 1.03 bits per heavy atom. The molecule has 2 fully saturated rings. The van der Waals surface area contributed by atoms with Gasteiger partial charge >= 0.3 is 0 Å². The molecule has 2 aromatic carbocycles. The van der Waals surface area contributed by atoms with Crippen LogP contribution in [0.1, 0.15) is 23.2 Å². The van der Waals surface area contributed by atoms with Crippen molar-refractivity contribution >= 4 is 52.1 Å². The third kappa shape index (κ3) is 4.20. The predicted octanol–water partition coefficient (Wildman–Crippen LogP) is 4.21. The highest BCUT2D eigenvalue weighted by molar-refractivity contribution is 6.35. The Bertz CT molecular complexity index is 945. The highest BCUT2D eigenvalue weighted by Gasteiger charge is 2.25. The van der Waals surface area contributed by atoms with Crippen molar-refractivity contribution in [1.29, 1.82) is 0 Å². The molecule has 0 saturated carbocycles. The van der Waals surface area contributed by atoms with Gasteiger partial charge in [-0.05, 0) is 36.8 Å². The molecule has 4 rings (SSSR count). The van der Waals surface area contributed by atoms with Crippen LogP contribution >= 0.6 is 23.2 Å². The second-order valence-electron chi connectivity index (χ2n) is 7.00. The Labute approximate surface area is 179 Å². The van der Waals surface area contributed by atoms with E-state index in [1.54, 1.807) is 35.2 Å². The first-order chi connectivity index (χ1) is 14.0. The van der Waals surface area contributed by atoms with Crippen molar-refractivity contribution in [3.63, 3.8) is 0 Å². The summed E-state index contributed by atoms with van der Waals surface area (Å²) in [5.41, 5.74) is 2.42. The topological polar surface area (TPSA) is 61.9 Å². The summed E-state index contributed by atoms with van der Waals surface area (Å²) in [6, 6.07) is 10.4. The van der Waals surface area contributed by atoms with Gasteiger partial charge in [0.25, 0.3) is 5.91 Å². The zero-order valence-corrected chi connectivity index (χ0v) is 17.3. The average molecular weight is 434 g/mol. The molecular weight excluding hydrogens is 413 g/mol. The third-order valence-corrected chi connectivity index (χ3v) is 5.76. The quantitative estimate of drug-likeness (QED) is 0.784. The van der Waals surface area contributed by atoms with Crippen LogP contribution in [0.4, 0.5) is 17.1 Å². The first kappa shape index (κ1) is 20.0. The van der Waals surface area contributed by atoms with E-state index in [1.165, 1.54) is 0 Å². The van der Waals surface area contributed by atoms with Crippen LogP contribution in [0.25, 0.3) is 0 Å². The molecule has 0 bridgehead atoms. The number of nitrogens with one attached hydrogen (secondary N) is 1. The molecule has 2 aliphatic rings. The molecule has 2 amide bonds. The van der Waals surface area contributed by atoms with E-state index in [4.69, 9.17) is 27.9 Å². The predicted molar refractivity (Wildman–Crippen MR) is 115 cm³/mol. The first-order valence-corrected chi connectivity index (χ1v) is 10.3. The molecule has 29 heavy (non-hydrogen) atoms. The first-order valence-electron chi connectivity index (χ1n) is 9.57. The average Bonchev–Trinajstić information content (AvgIpc) is 3.15. The van der Waals surface area contributed by atoms with E-state index in [9.17, 15) is 9.59 Å². The van der Waals surface area contributed by atoms with Crippen molar-refractivity contribution in [1.82, 2.24) is 0 Å². The Morgan fingerprint density at radius 2 is 1.83 bits per heavy atom. The lowest BCUT2D eigenvalue weighted by Gasteiger charge is -2.31. The van der Waals surface area contributed by atoms with Gasteiger partial charge in [-0.1, -0.05) is 29.3 Å². The Hall–Kier alpha value is -2.28. The van der Waals surface area contributed by atoms with Crippen molar-refractivity contribution in [3.05, 3.63) is 52.0 Å². The minimum absolute atomic E-state index is 0.0221. The Morgan fingerprint density at radius 3 is 2.55 bits per heavy atom. The molecule has 2 aliphatic heterocycles. The molecule has 2 saturated heterocycles. The van der Waals surface area contributed by atoms with Crippen LogP contribution in [0.15, 0.2) is 36.4 Å². The molecule has 0 radical (unpaired) electrons. The van der Waals surface area contributed by atoms with Crippen LogP contribution in [-0.2, 0) is 9.53 Å². The normalized spacial score (nSPS) is 17.0. The van der Waals surface area contributed by atoms with Crippen LogP contribution in [0.2, 0.25) is 10.0 Å². The van der Waals surface area contributed by atoms with E-state index in [-0.39, 0.29) is 11.8 Å². The van der Waals surface area contributed by atoms with E-state index < -0.39 is 0 Å². The third-order valence-electron chi connectivity index (χ3n) is 5.13. The molecule has 0 atom stereocenters. The molecular formula is C21H21Cl2N3O3. The van der Waals surface area contributed by atoms with Gasteiger partial charge < -0.3 is 19.9 Å². The maximum absolute atomic E-state index is 13.0. The van der Waals surface area contributed by atoms with E-state index in [1.807, 2.05) is 6.07 Å². The monoisotopic (exact) mass is 433 g/mol. The zero-order chi connectivity index (χ0) is 20.4. The van der Waals surface area contributed by atoms with Crippen molar-refractivity contribution in [2.45, 2.75) is 12.8 Å². The number of benzene rings is 2. The lowest BCUT2D eigenvalue weighted by Crippen LogP contribution is -2.37. The van der Waals surface area contributed by atoms with E-state index in [0.717, 1.165) is 12.1 Å². The number of hydrogen-bond acceptors (Lipinski definition) is 4. The summed E-state index contributed by atoms with van der Waals surface area (Å²) in [6.07, 6.45) is 1.29.